The minimum atomic E-state index is -2.31. The number of fused-ring (bicyclic) bond motifs is 3. The number of nitrogens with zero attached hydrogens (tertiary/aromatic N) is 4. The van der Waals surface area contributed by atoms with Crippen LogP contribution in [0.5, 0.6) is 0 Å². The number of amides is 5. The van der Waals surface area contributed by atoms with Crippen LogP contribution in [0.3, 0.4) is 0 Å². The van der Waals surface area contributed by atoms with E-state index in [9.17, 15) is 49.3 Å². The molecule has 0 radical (unpaired) electrons. The van der Waals surface area contributed by atoms with Gasteiger partial charge in [-0.2, -0.15) is 0 Å². The van der Waals surface area contributed by atoms with Crippen LogP contribution in [0.25, 0.3) is 0 Å². The van der Waals surface area contributed by atoms with Gasteiger partial charge in [0.1, 0.15) is 30.2 Å². The lowest BCUT2D eigenvalue weighted by molar-refractivity contribution is -0.403. The molecule has 0 aliphatic carbocycles. The first-order chi connectivity index (χ1) is 25.8. The molecular weight excluding hydrogens is 724 g/mol. The number of hydrogen-bond donors (Lipinski definition) is 8. The largest absolute Gasteiger partial charge is 0.480 e. The summed E-state index contributed by atoms with van der Waals surface area (Å²) in [5.74, 6) is -7.95. The third-order valence-electron chi connectivity index (χ3n) is 11.8. The van der Waals surface area contributed by atoms with Crippen LogP contribution in [-0.2, 0) is 38.2 Å². The summed E-state index contributed by atoms with van der Waals surface area (Å²) in [6.07, 6.45) is 0.575. The lowest BCUT2D eigenvalue weighted by Gasteiger charge is -2.57. The Morgan fingerprint density at radius 2 is 1.33 bits per heavy atom. The molecule has 0 spiro atoms. The van der Waals surface area contributed by atoms with E-state index in [4.69, 9.17) is 9.47 Å². The molecule has 5 amide bonds. The molecule has 6 rings (SSSR count). The van der Waals surface area contributed by atoms with Crippen molar-refractivity contribution in [2.45, 2.75) is 153 Å². The van der Waals surface area contributed by atoms with Crippen molar-refractivity contribution in [3.8, 4) is 0 Å². The van der Waals surface area contributed by atoms with Gasteiger partial charge in [-0.15, -0.1) is 0 Å². The molecule has 8 N–H and O–H groups in total. The zero-order valence-corrected chi connectivity index (χ0v) is 32.4. The van der Waals surface area contributed by atoms with Crippen LogP contribution in [0.2, 0.25) is 0 Å². The van der Waals surface area contributed by atoms with Crippen molar-refractivity contribution < 1.29 is 58.8 Å². The van der Waals surface area contributed by atoms with E-state index in [1.54, 1.807) is 13.8 Å². The molecule has 6 aliphatic rings. The lowest BCUT2D eigenvalue weighted by atomic mass is 9.77. The second kappa shape index (κ2) is 16.9. The van der Waals surface area contributed by atoms with E-state index < -0.39 is 89.1 Å². The van der Waals surface area contributed by atoms with Gasteiger partial charge in [-0.05, 0) is 78.6 Å². The highest BCUT2D eigenvalue weighted by molar-refractivity contribution is 5.96. The highest BCUT2D eigenvalue weighted by atomic mass is 16.7. The molecule has 55 heavy (non-hydrogen) atoms. The van der Waals surface area contributed by atoms with E-state index in [0.29, 0.717) is 38.8 Å². The Bertz CT molecular complexity index is 1470. The fourth-order valence-corrected chi connectivity index (χ4v) is 8.29. The first-order valence-corrected chi connectivity index (χ1v) is 19.4. The Morgan fingerprint density at radius 1 is 0.818 bits per heavy atom. The van der Waals surface area contributed by atoms with Crippen LogP contribution in [0.4, 0.5) is 0 Å². The number of carbonyl (C=O) groups excluding carboxylic acids is 5. The number of carbonyl (C=O) groups is 6. The fraction of sp³-hybridized carbons (Fsp3) is 0.829. The average molecular weight is 783 g/mol. The molecule has 0 saturated carbocycles. The second-order valence-corrected chi connectivity index (χ2v) is 15.9. The van der Waals surface area contributed by atoms with Gasteiger partial charge in [0.05, 0.1) is 18.3 Å². The van der Waals surface area contributed by atoms with Gasteiger partial charge in [-0.1, -0.05) is 13.8 Å². The third-order valence-corrected chi connectivity index (χ3v) is 11.8. The second-order valence-electron chi connectivity index (χ2n) is 15.9. The first-order valence-electron chi connectivity index (χ1n) is 19.4. The molecule has 6 saturated heterocycles. The van der Waals surface area contributed by atoms with E-state index in [1.165, 1.54) is 13.8 Å². The van der Waals surface area contributed by atoms with E-state index in [-0.39, 0.29) is 55.4 Å². The molecule has 9 unspecified atom stereocenters. The Kier molecular flexibility index (Phi) is 13.1. The van der Waals surface area contributed by atoms with Gasteiger partial charge in [-0.3, -0.25) is 44.2 Å². The molecule has 20 heteroatoms. The first kappa shape index (κ1) is 42.6. The summed E-state index contributed by atoms with van der Waals surface area (Å²) in [7, 11) is 0. The van der Waals surface area contributed by atoms with Gasteiger partial charge >= 0.3 is 5.97 Å². The zero-order chi connectivity index (χ0) is 40.6. The molecule has 0 aromatic rings. The van der Waals surface area contributed by atoms with Crippen molar-refractivity contribution in [1.29, 1.82) is 0 Å². The van der Waals surface area contributed by atoms with Crippen molar-refractivity contribution in [2.75, 3.05) is 19.6 Å². The Morgan fingerprint density at radius 3 is 1.85 bits per heavy atom. The molecule has 6 fully saturated rings. The van der Waals surface area contributed by atoms with Crippen molar-refractivity contribution in [3.63, 3.8) is 0 Å². The number of nitrogens with one attached hydrogen (secondary N) is 4. The van der Waals surface area contributed by atoms with Gasteiger partial charge in [0.15, 0.2) is 5.60 Å². The number of carboxylic acid groups (broad SMARTS) is 1. The number of rotatable bonds is 11. The molecule has 0 aromatic carbocycles. The van der Waals surface area contributed by atoms with E-state index in [1.807, 2.05) is 13.8 Å². The zero-order valence-electron chi connectivity index (χ0n) is 32.4. The SMILES string of the molecule is CC(C)C(O)C(NC(=O)C(C)(O)C12CCC(C(C)O1)C(C)O2)C(=O)N1NCCCC1C(=O)N(O)C(C)C(=O)N1NCCCC1C(=O)N1NCCCC1C(=O)O. The predicted octanol–water partition coefficient (Wildman–Crippen LogP) is -1.65. The van der Waals surface area contributed by atoms with Crippen LogP contribution in [-0.4, -0.2) is 156 Å². The molecule has 9 atom stereocenters. The standard InChI is InChI=1S/C35H58N8O12/c1-18(2)27(44)26(39-33(51)34(6,52)35-14-13-22(20(4)54-35)21(5)55-35)31(48)41-24(11-8-16-37-41)30(47)43(53)19(3)28(45)40-23(10-7-15-36-40)29(46)42-25(32(49)50)12-9-17-38-42/h18-27,36-38,44,52-53H,7-17H2,1-6H3,(H,39,51)(H,49,50). The van der Waals surface area contributed by atoms with Crippen molar-refractivity contribution in [3.05, 3.63) is 0 Å². The van der Waals surface area contributed by atoms with Gasteiger partial charge in [-0.25, -0.2) is 26.1 Å². The van der Waals surface area contributed by atoms with Crippen LogP contribution in [0, 0.1) is 11.8 Å². The van der Waals surface area contributed by atoms with Crippen LogP contribution < -0.4 is 21.6 Å². The highest BCUT2D eigenvalue weighted by Gasteiger charge is 2.63. The predicted molar refractivity (Wildman–Crippen MR) is 189 cm³/mol. The third kappa shape index (κ3) is 8.18. The smallest absolute Gasteiger partial charge is 0.328 e. The summed E-state index contributed by atoms with van der Waals surface area (Å²) in [5.41, 5.74) is 6.19. The monoisotopic (exact) mass is 782 g/mol. The normalized spacial score (nSPS) is 32.6. The number of hydrazine groups is 3. The minimum Gasteiger partial charge on any atom is -0.480 e. The van der Waals surface area contributed by atoms with Crippen molar-refractivity contribution in [1.82, 2.24) is 41.7 Å². The van der Waals surface area contributed by atoms with Crippen molar-refractivity contribution >= 4 is 35.5 Å². The summed E-state index contributed by atoms with van der Waals surface area (Å²) in [6, 6.07) is -6.93. The minimum absolute atomic E-state index is 0.0354. The number of aliphatic hydroxyl groups excluding tert-OH is 1. The molecule has 310 valence electrons. The van der Waals surface area contributed by atoms with Crippen LogP contribution in [0.1, 0.15) is 92.9 Å². The van der Waals surface area contributed by atoms with Gasteiger partial charge < -0.3 is 30.1 Å². The van der Waals surface area contributed by atoms with E-state index in [2.05, 4.69) is 21.6 Å². The Hall–Kier alpha value is -3.50. The molecular formula is C35H58N8O12. The quantitative estimate of drug-likeness (QED) is 0.0863. The summed E-state index contributed by atoms with van der Waals surface area (Å²) in [6.45, 7) is 10.3. The fourth-order valence-electron chi connectivity index (χ4n) is 8.29. The number of hydroxylamine groups is 2. The van der Waals surface area contributed by atoms with E-state index in [0.717, 1.165) is 15.0 Å². The average Bonchev–Trinajstić information content (AvgIpc) is 3.17. The number of ether oxygens (including phenoxy) is 2. The molecule has 2 bridgehead atoms. The van der Waals surface area contributed by atoms with Gasteiger partial charge in [0, 0.05) is 32.0 Å². The summed E-state index contributed by atoms with van der Waals surface area (Å²) in [4.78, 5) is 81.5. The summed E-state index contributed by atoms with van der Waals surface area (Å²) >= 11 is 0. The van der Waals surface area contributed by atoms with Gasteiger partial charge in [0.25, 0.3) is 29.5 Å². The lowest BCUT2D eigenvalue weighted by Crippen LogP contribution is -2.73. The number of aliphatic carboxylic acids is 1. The molecule has 6 aliphatic heterocycles. The van der Waals surface area contributed by atoms with Crippen molar-refractivity contribution in [2.24, 2.45) is 11.8 Å². The maximum absolute atomic E-state index is 14.3. The number of aliphatic hydroxyl groups is 2. The van der Waals surface area contributed by atoms with Crippen LogP contribution >= 0.6 is 0 Å². The number of carboxylic acids is 1. The van der Waals surface area contributed by atoms with Crippen LogP contribution in [0.15, 0.2) is 0 Å². The summed E-state index contributed by atoms with van der Waals surface area (Å²) < 4.78 is 12.1. The Balaban J connectivity index is 1.32. The summed E-state index contributed by atoms with van der Waals surface area (Å²) in [5, 5.41) is 49.5. The Labute approximate surface area is 320 Å². The van der Waals surface area contributed by atoms with E-state index >= 15 is 0 Å². The molecule has 6 heterocycles. The number of hydrogen-bond acceptors (Lipinski definition) is 14. The highest BCUT2D eigenvalue weighted by Crippen LogP contribution is 2.48. The maximum atomic E-state index is 14.3. The topological polar surface area (TPSA) is 263 Å². The van der Waals surface area contributed by atoms with Gasteiger partial charge in [0.2, 0.25) is 5.79 Å². The molecule has 0 aromatic heterocycles. The molecule has 20 nitrogen and oxygen atoms in total. The maximum Gasteiger partial charge on any atom is 0.328 e.